The first-order valence-electron chi connectivity index (χ1n) is 9.53. The maximum absolute atomic E-state index is 12.8. The Morgan fingerprint density at radius 1 is 1.22 bits per heavy atom. The fourth-order valence-corrected chi connectivity index (χ4v) is 4.51. The van der Waals surface area contributed by atoms with Crippen LogP contribution < -0.4 is 15.5 Å². The molecule has 1 aromatic heterocycles. The predicted molar refractivity (Wildman–Crippen MR) is 111 cm³/mol. The van der Waals surface area contributed by atoms with Gasteiger partial charge in [-0.25, -0.2) is 0 Å². The normalized spacial score (nSPS) is 19.0. The molecule has 2 N–H and O–H groups in total. The van der Waals surface area contributed by atoms with Gasteiger partial charge in [-0.15, -0.1) is 12.4 Å². The molecular weight excluding hydrogens is 362 g/mol. The van der Waals surface area contributed by atoms with E-state index in [9.17, 15) is 4.79 Å². The maximum Gasteiger partial charge on any atom is 0.186 e. The summed E-state index contributed by atoms with van der Waals surface area (Å²) in [4.78, 5) is 18.6. The molecule has 146 valence electrons. The quantitative estimate of drug-likeness (QED) is 0.843. The van der Waals surface area contributed by atoms with Crippen molar-refractivity contribution in [3.63, 3.8) is 0 Å². The van der Waals surface area contributed by atoms with Crippen LogP contribution in [0, 0.1) is 0 Å². The zero-order valence-electron chi connectivity index (χ0n) is 15.8. The van der Waals surface area contributed by atoms with Gasteiger partial charge >= 0.3 is 0 Å². The Hall–Kier alpha value is -1.82. The number of rotatable bonds is 4. The summed E-state index contributed by atoms with van der Waals surface area (Å²) in [5.74, 6) is 0.767. The van der Waals surface area contributed by atoms with E-state index in [0.29, 0.717) is 0 Å². The first-order valence-corrected chi connectivity index (χ1v) is 9.53. The number of halogens is 1. The fraction of sp³-hybridized carbons (Fsp3) is 0.476. The van der Waals surface area contributed by atoms with Crippen LogP contribution in [0.2, 0.25) is 0 Å². The van der Waals surface area contributed by atoms with Gasteiger partial charge in [0.05, 0.1) is 12.8 Å². The van der Waals surface area contributed by atoms with Gasteiger partial charge < -0.3 is 15.0 Å². The summed E-state index contributed by atoms with van der Waals surface area (Å²) in [6, 6.07) is 9.46. The van der Waals surface area contributed by atoms with E-state index in [1.807, 2.05) is 30.5 Å². The highest BCUT2D eigenvalue weighted by molar-refractivity contribution is 5.85. The van der Waals surface area contributed by atoms with Crippen LogP contribution in [0.1, 0.15) is 31.2 Å². The van der Waals surface area contributed by atoms with Crippen molar-refractivity contribution in [2.75, 3.05) is 26.7 Å². The van der Waals surface area contributed by atoms with Crippen molar-refractivity contribution in [1.82, 2.24) is 15.2 Å². The number of H-pyrrole nitrogens is 1. The molecule has 2 aromatic rings. The number of hydrogen-bond donors (Lipinski definition) is 2. The minimum atomic E-state index is 0. The molecule has 6 heteroatoms. The molecule has 1 aliphatic carbocycles. The summed E-state index contributed by atoms with van der Waals surface area (Å²) in [6.45, 7) is 3.78. The molecule has 1 aromatic carbocycles. The Balaban J connectivity index is 0.00000210. The molecule has 2 heterocycles. The van der Waals surface area contributed by atoms with Gasteiger partial charge in [0.15, 0.2) is 5.43 Å². The van der Waals surface area contributed by atoms with Crippen molar-refractivity contribution in [3.05, 3.63) is 52.3 Å². The molecule has 27 heavy (non-hydrogen) atoms. The SMILES string of the molecule is COc1ccccc1-c1cc(=O)c(CN2CCNCC23CCCC3)c[nH]1.Cl. The zero-order valence-corrected chi connectivity index (χ0v) is 16.6. The number of para-hydroxylation sites is 1. The lowest BCUT2D eigenvalue weighted by atomic mass is 9.92. The average Bonchev–Trinajstić information content (AvgIpc) is 3.14. The summed E-state index contributed by atoms with van der Waals surface area (Å²) in [5, 5.41) is 3.55. The largest absolute Gasteiger partial charge is 0.496 e. The van der Waals surface area contributed by atoms with Gasteiger partial charge in [0.25, 0.3) is 0 Å². The highest BCUT2D eigenvalue weighted by Gasteiger charge is 2.41. The van der Waals surface area contributed by atoms with Crippen LogP contribution in [-0.4, -0.2) is 42.2 Å². The maximum atomic E-state index is 12.8. The van der Waals surface area contributed by atoms with E-state index in [4.69, 9.17) is 4.74 Å². The second kappa shape index (κ2) is 8.46. The highest BCUT2D eigenvalue weighted by Crippen LogP contribution is 2.36. The van der Waals surface area contributed by atoms with Crippen LogP contribution >= 0.6 is 12.4 Å². The number of ether oxygens (including phenoxy) is 1. The Labute approximate surface area is 166 Å². The van der Waals surface area contributed by atoms with E-state index in [1.165, 1.54) is 25.7 Å². The van der Waals surface area contributed by atoms with Gasteiger partial charge in [-0.3, -0.25) is 9.69 Å². The number of aromatic amines is 1. The minimum Gasteiger partial charge on any atom is -0.496 e. The summed E-state index contributed by atoms with van der Waals surface area (Å²) < 4.78 is 5.42. The molecule has 0 radical (unpaired) electrons. The third-order valence-electron chi connectivity index (χ3n) is 5.97. The lowest BCUT2D eigenvalue weighted by Crippen LogP contribution is -2.59. The van der Waals surface area contributed by atoms with E-state index in [2.05, 4.69) is 15.2 Å². The van der Waals surface area contributed by atoms with Crippen LogP contribution in [0.15, 0.2) is 41.3 Å². The number of benzene rings is 1. The predicted octanol–water partition coefficient (Wildman–Crippen LogP) is 3.19. The Bertz CT molecular complexity index is 830. The van der Waals surface area contributed by atoms with Gasteiger partial charge in [0.2, 0.25) is 0 Å². The fourth-order valence-electron chi connectivity index (χ4n) is 4.51. The van der Waals surface area contributed by atoms with Gasteiger partial charge in [0, 0.05) is 55.1 Å². The standard InChI is InChI=1S/C21H27N3O2.ClH/c1-26-20-7-3-2-6-17(20)18-12-19(25)16(13-23-18)14-24-11-10-22-15-21(24)8-4-5-9-21;/h2-3,6-7,12-13,22H,4-5,8-11,14-15H2,1H3,(H,23,25);1H. The van der Waals surface area contributed by atoms with Crippen molar-refractivity contribution < 1.29 is 4.74 Å². The van der Waals surface area contributed by atoms with Crippen LogP contribution in [-0.2, 0) is 6.54 Å². The molecule has 1 aliphatic heterocycles. The topological polar surface area (TPSA) is 57.4 Å². The summed E-state index contributed by atoms with van der Waals surface area (Å²) in [6.07, 6.45) is 6.94. The Kier molecular flexibility index (Phi) is 6.25. The molecule has 0 amide bonds. The van der Waals surface area contributed by atoms with Gasteiger partial charge in [0.1, 0.15) is 5.75 Å². The molecule has 1 saturated carbocycles. The van der Waals surface area contributed by atoms with Crippen LogP contribution in [0.5, 0.6) is 5.75 Å². The molecule has 2 aliphatic rings. The van der Waals surface area contributed by atoms with Crippen molar-refractivity contribution in [2.45, 2.75) is 37.8 Å². The molecule has 1 spiro atoms. The van der Waals surface area contributed by atoms with Crippen LogP contribution in [0.25, 0.3) is 11.3 Å². The third kappa shape index (κ3) is 3.91. The molecule has 5 nitrogen and oxygen atoms in total. The number of nitrogens with zero attached hydrogens (tertiary/aromatic N) is 1. The number of pyridine rings is 1. The molecule has 1 saturated heterocycles. The number of nitrogens with one attached hydrogen (secondary N) is 2. The van der Waals surface area contributed by atoms with Crippen LogP contribution in [0.3, 0.4) is 0 Å². The molecule has 2 fully saturated rings. The van der Waals surface area contributed by atoms with Crippen molar-refractivity contribution in [1.29, 1.82) is 0 Å². The van der Waals surface area contributed by atoms with Gasteiger partial charge in [-0.2, -0.15) is 0 Å². The zero-order chi connectivity index (χ0) is 18.0. The molecule has 0 bridgehead atoms. The lowest BCUT2D eigenvalue weighted by Gasteiger charge is -2.45. The number of aromatic nitrogens is 1. The first-order chi connectivity index (χ1) is 12.7. The van der Waals surface area contributed by atoms with Crippen molar-refractivity contribution in [2.24, 2.45) is 0 Å². The molecule has 0 unspecified atom stereocenters. The van der Waals surface area contributed by atoms with E-state index in [0.717, 1.165) is 48.7 Å². The Morgan fingerprint density at radius 3 is 2.74 bits per heavy atom. The van der Waals surface area contributed by atoms with E-state index >= 15 is 0 Å². The second-order valence-corrected chi connectivity index (χ2v) is 7.47. The van der Waals surface area contributed by atoms with Crippen LogP contribution in [0.4, 0.5) is 0 Å². The Morgan fingerprint density at radius 2 is 2.00 bits per heavy atom. The average molecular weight is 390 g/mol. The smallest absolute Gasteiger partial charge is 0.186 e. The number of methoxy groups -OCH3 is 1. The van der Waals surface area contributed by atoms with Crippen molar-refractivity contribution >= 4 is 12.4 Å². The molecule has 0 atom stereocenters. The van der Waals surface area contributed by atoms with Crippen molar-refractivity contribution in [3.8, 4) is 17.0 Å². The molecular formula is C21H28ClN3O2. The monoisotopic (exact) mass is 389 g/mol. The van der Waals surface area contributed by atoms with E-state index in [1.54, 1.807) is 13.2 Å². The minimum absolute atomic E-state index is 0. The number of hydrogen-bond acceptors (Lipinski definition) is 4. The highest BCUT2D eigenvalue weighted by atomic mass is 35.5. The lowest BCUT2D eigenvalue weighted by molar-refractivity contribution is 0.0569. The summed E-state index contributed by atoms with van der Waals surface area (Å²) in [7, 11) is 1.65. The summed E-state index contributed by atoms with van der Waals surface area (Å²) in [5.41, 5.74) is 2.89. The van der Waals surface area contributed by atoms with E-state index < -0.39 is 0 Å². The number of piperazine rings is 1. The second-order valence-electron chi connectivity index (χ2n) is 7.47. The summed E-state index contributed by atoms with van der Waals surface area (Å²) >= 11 is 0. The molecule has 4 rings (SSSR count). The third-order valence-corrected chi connectivity index (χ3v) is 5.97. The van der Waals surface area contributed by atoms with Gasteiger partial charge in [-0.05, 0) is 25.0 Å². The van der Waals surface area contributed by atoms with E-state index in [-0.39, 0.29) is 23.4 Å². The van der Waals surface area contributed by atoms with Gasteiger partial charge in [-0.1, -0.05) is 25.0 Å². The first kappa shape index (κ1) is 19.9.